The average Bonchev–Trinajstić information content (AvgIpc) is 3.85. The van der Waals surface area contributed by atoms with Crippen molar-refractivity contribution < 1.29 is 38.4 Å². The lowest BCUT2D eigenvalue weighted by Crippen LogP contribution is -2.34. The van der Waals surface area contributed by atoms with Gasteiger partial charge in [0.2, 0.25) is 0 Å². The lowest BCUT2D eigenvalue weighted by Gasteiger charge is -2.36. The maximum absolute atomic E-state index is 11.4. The maximum Gasteiger partial charge on any atom is 0.152 e. The smallest absolute Gasteiger partial charge is 0.152 e. The summed E-state index contributed by atoms with van der Waals surface area (Å²) in [6, 6.07) is 46.7. The molecule has 0 saturated heterocycles. The summed E-state index contributed by atoms with van der Waals surface area (Å²) < 4.78 is 33.1. The summed E-state index contributed by atoms with van der Waals surface area (Å²) in [5.74, 6) is 0. The number of nitrogens with zero attached hydrogens (tertiary/aromatic N) is 2. The van der Waals surface area contributed by atoms with Crippen LogP contribution >= 0.6 is 0 Å². The Morgan fingerprint density at radius 2 is 0.797 bits per heavy atom. The van der Waals surface area contributed by atoms with Gasteiger partial charge in [0.25, 0.3) is 0 Å². The van der Waals surface area contributed by atoms with Gasteiger partial charge in [-0.2, -0.15) is 0 Å². The molecule has 5 aromatic carbocycles. The highest BCUT2D eigenvalue weighted by atomic mass is 16.6. The van der Waals surface area contributed by atoms with Crippen molar-refractivity contribution in [2.75, 3.05) is 66.1 Å². The van der Waals surface area contributed by atoms with E-state index in [4.69, 9.17) is 28.8 Å². The van der Waals surface area contributed by atoms with E-state index >= 15 is 0 Å². The first-order valence-electron chi connectivity index (χ1n) is 20.0. The minimum absolute atomic E-state index is 0.0316. The number of aliphatic hydroxyl groups is 1. The van der Waals surface area contributed by atoms with Crippen molar-refractivity contribution in [3.05, 3.63) is 180 Å². The monoisotopic (exact) mass is 796 g/mol. The zero-order valence-corrected chi connectivity index (χ0v) is 33.3. The first kappa shape index (κ1) is 42.9. The van der Waals surface area contributed by atoms with Gasteiger partial charge in [-0.3, -0.25) is 9.59 Å². The molecule has 2 aromatic heterocycles. The molecular weight excluding hydrogens is 745 g/mol. The molecule has 0 radical (unpaired) electrons. The number of carbonyl (C=O) groups is 2. The van der Waals surface area contributed by atoms with Crippen LogP contribution in [0.4, 0.5) is 0 Å². The van der Waals surface area contributed by atoms with Gasteiger partial charge in [-0.15, -0.1) is 0 Å². The van der Waals surface area contributed by atoms with Crippen molar-refractivity contribution in [3.8, 4) is 0 Å². The second-order valence-corrected chi connectivity index (χ2v) is 13.6. The van der Waals surface area contributed by atoms with Crippen LogP contribution in [0.1, 0.15) is 37.4 Å². The number of aromatic nitrogens is 2. The molecule has 1 N–H and O–H groups in total. The molecule has 0 bridgehead atoms. The molecule has 0 unspecified atom stereocenters. The van der Waals surface area contributed by atoms with E-state index in [0.29, 0.717) is 83.7 Å². The number of para-hydroxylation sites is 2. The minimum Gasteiger partial charge on any atom is -0.394 e. The van der Waals surface area contributed by atoms with E-state index in [9.17, 15) is 9.59 Å². The largest absolute Gasteiger partial charge is 0.394 e. The lowest BCUT2D eigenvalue weighted by atomic mass is 9.80. The molecule has 10 heteroatoms. The van der Waals surface area contributed by atoms with E-state index in [0.717, 1.165) is 51.1 Å². The van der Waals surface area contributed by atoms with Gasteiger partial charge in [0.15, 0.2) is 12.6 Å². The third kappa shape index (κ3) is 11.3. The summed E-state index contributed by atoms with van der Waals surface area (Å²) in [4.78, 5) is 22.4. The molecule has 0 aliphatic carbocycles. The highest BCUT2D eigenvalue weighted by molar-refractivity contribution is 5.98. The predicted molar refractivity (Wildman–Crippen MR) is 230 cm³/mol. The number of carbonyl (C=O) groups excluding carboxylic acids is 2. The number of hydrogen-bond acceptors (Lipinski definition) is 8. The Labute approximate surface area is 345 Å². The van der Waals surface area contributed by atoms with Crippen LogP contribution in [-0.4, -0.2) is 92.9 Å². The van der Waals surface area contributed by atoms with E-state index in [-0.39, 0.29) is 6.61 Å². The fourth-order valence-electron chi connectivity index (χ4n) is 7.16. The highest BCUT2D eigenvalue weighted by Crippen LogP contribution is 2.40. The fourth-order valence-corrected chi connectivity index (χ4v) is 7.16. The third-order valence-corrected chi connectivity index (χ3v) is 9.91. The van der Waals surface area contributed by atoms with Gasteiger partial charge in [-0.25, -0.2) is 0 Å². The normalized spacial score (nSPS) is 11.4. The predicted octanol–water partition coefficient (Wildman–Crippen LogP) is 7.98. The molecule has 10 nitrogen and oxygen atoms in total. The Morgan fingerprint density at radius 3 is 1.20 bits per heavy atom. The molecule has 306 valence electrons. The van der Waals surface area contributed by atoms with Crippen LogP contribution in [0.15, 0.2) is 152 Å². The SMILES string of the molecule is O=Cc1cn(CCOCCOCCO)c2ccccc12.O=Cc1cn(CCOCCOCCOC(c2ccccc2)(c2ccccc2)c2ccccc2)c2ccccc12. The van der Waals surface area contributed by atoms with Crippen LogP contribution in [0.25, 0.3) is 21.8 Å². The Kier molecular flexibility index (Phi) is 16.7. The second kappa shape index (κ2) is 23.0. The summed E-state index contributed by atoms with van der Waals surface area (Å²) in [6.07, 6.45) is 5.51. The van der Waals surface area contributed by atoms with Gasteiger partial charge >= 0.3 is 0 Å². The summed E-state index contributed by atoms with van der Waals surface area (Å²) in [5.41, 5.74) is 5.94. The summed E-state index contributed by atoms with van der Waals surface area (Å²) in [7, 11) is 0. The van der Waals surface area contributed by atoms with Crippen LogP contribution < -0.4 is 0 Å². The Balaban J connectivity index is 0.000000246. The molecule has 2 heterocycles. The van der Waals surface area contributed by atoms with Crippen molar-refractivity contribution in [1.82, 2.24) is 9.13 Å². The van der Waals surface area contributed by atoms with Crippen molar-refractivity contribution in [3.63, 3.8) is 0 Å². The van der Waals surface area contributed by atoms with Crippen LogP contribution in [-0.2, 0) is 42.4 Å². The number of hydrogen-bond donors (Lipinski definition) is 1. The van der Waals surface area contributed by atoms with Crippen LogP contribution in [0.2, 0.25) is 0 Å². The molecule has 0 aliphatic heterocycles. The lowest BCUT2D eigenvalue weighted by molar-refractivity contribution is -0.0336. The van der Waals surface area contributed by atoms with E-state index in [1.165, 1.54) is 0 Å². The van der Waals surface area contributed by atoms with Crippen molar-refractivity contribution in [2.24, 2.45) is 0 Å². The number of aliphatic hydroxyl groups excluding tert-OH is 1. The quantitative estimate of drug-likeness (QED) is 0.0395. The van der Waals surface area contributed by atoms with E-state index in [2.05, 4.69) is 41.0 Å². The first-order valence-corrected chi connectivity index (χ1v) is 20.0. The summed E-state index contributed by atoms with van der Waals surface area (Å²) in [6.45, 7) is 5.63. The number of ether oxygens (including phenoxy) is 5. The van der Waals surface area contributed by atoms with Gasteiger partial charge in [0.05, 0.1) is 66.1 Å². The van der Waals surface area contributed by atoms with Gasteiger partial charge in [0, 0.05) is 58.4 Å². The second-order valence-electron chi connectivity index (χ2n) is 13.6. The molecule has 0 saturated carbocycles. The van der Waals surface area contributed by atoms with Crippen molar-refractivity contribution >= 4 is 34.4 Å². The number of aldehydes is 2. The van der Waals surface area contributed by atoms with Crippen LogP contribution in [0.5, 0.6) is 0 Å². The van der Waals surface area contributed by atoms with Gasteiger partial charge < -0.3 is 37.9 Å². The molecular formula is C49H52N2O8. The number of fused-ring (bicyclic) bond motifs is 2. The number of rotatable bonds is 23. The first-order chi connectivity index (χ1) is 29.2. The molecule has 0 atom stereocenters. The maximum atomic E-state index is 11.4. The Hall–Kier alpha value is -5.72. The highest BCUT2D eigenvalue weighted by Gasteiger charge is 2.37. The standard InChI is InChI=1S/C34H33NO4.C15H19NO4/c36-27-28-26-35(33-19-11-10-18-32(28)33)20-21-37-22-23-38-24-25-39-34(29-12-4-1-5-13-29,30-14-6-2-7-15-30)31-16-8-3-9-17-31;17-6-8-20-10-9-19-7-5-16-11-13(12-18)14-3-1-2-4-15(14)16/h1-19,26-27H,20-25H2;1-4,11-12,17H,5-10H2. The van der Waals surface area contributed by atoms with E-state index in [1.807, 2.05) is 120 Å². The Bertz CT molecular complexity index is 2190. The van der Waals surface area contributed by atoms with E-state index < -0.39 is 5.60 Å². The average molecular weight is 797 g/mol. The van der Waals surface area contributed by atoms with Gasteiger partial charge in [0.1, 0.15) is 5.60 Å². The molecule has 0 amide bonds. The van der Waals surface area contributed by atoms with Crippen LogP contribution in [0.3, 0.4) is 0 Å². The zero-order chi connectivity index (χ0) is 41.0. The molecule has 0 fully saturated rings. The van der Waals surface area contributed by atoms with Gasteiger partial charge in [-0.05, 0) is 28.8 Å². The third-order valence-electron chi connectivity index (χ3n) is 9.91. The summed E-state index contributed by atoms with van der Waals surface area (Å²) in [5, 5.41) is 10.5. The molecule has 7 rings (SSSR count). The van der Waals surface area contributed by atoms with Crippen molar-refractivity contribution in [1.29, 1.82) is 0 Å². The Morgan fingerprint density at radius 1 is 0.441 bits per heavy atom. The molecule has 0 spiro atoms. The van der Waals surface area contributed by atoms with Crippen LogP contribution in [0, 0.1) is 0 Å². The fraction of sp³-hybridized carbons (Fsp3) is 0.265. The van der Waals surface area contributed by atoms with Gasteiger partial charge in [-0.1, -0.05) is 127 Å². The van der Waals surface area contributed by atoms with Crippen molar-refractivity contribution in [2.45, 2.75) is 18.7 Å². The molecule has 0 aliphatic rings. The van der Waals surface area contributed by atoms with E-state index in [1.54, 1.807) is 0 Å². The summed E-state index contributed by atoms with van der Waals surface area (Å²) >= 11 is 0. The molecule has 59 heavy (non-hydrogen) atoms. The molecule has 7 aromatic rings. The minimum atomic E-state index is -0.746. The number of benzene rings is 5. The zero-order valence-electron chi connectivity index (χ0n) is 33.3. The topological polar surface area (TPSA) is 110 Å².